The molecule has 3 N–H and O–H groups in total. The number of unbranched alkanes of at least 4 members (excludes halogenated alkanes) is 1. The second-order valence-electron chi connectivity index (χ2n) is 14.7. The van der Waals surface area contributed by atoms with Gasteiger partial charge in [-0.15, -0.1) is 0 Å². The molecular weight excluding hydrogens is 687 g/mol. The van der Waals surface area contributed by atoms with E-state index in [2.05, 4.69) is 51.9 Å². The van der Waals surface area contributed by atoms with Crippen molar-refractivity contribution in [3.05, 3.63) is 95.6 Å². The van der Waals surface area contributed by atoms with Crippen molar-refractivity contribution in [2.75, 3.05) is 26.2 Å². The van der Waals surface area contributed by atoms with Crippen LogP contribution in [0.25, 0.3) is 0 Å². The van der Waals surface area contributed by atoms with E-state index in [4.69, 9.17) is 9.31 Å². The second-order valence-corrected chi connectivity index (χ2v) is 14.7. The first-order valence-corrected chi connectivity index (χ1v) is 18.8. The van der Waals surface area contributed by atoms with E-state index in [1.807, 2.05) is 63.2 Å². The lowest BCUT2D eigenvalue weighted by atomic mass is 9.73. The largest absolute Gasteiger partial charge is 0.622 e. The lowest BCUT2D eigenvalue weighted by molar-refractivity contribution is -0.147. The summed E-state index contributed by atoms with van der Waals surface area (Å²) in [5, 5.41) is 8.62. The number of hydrogen-bond donors (Lipinski definition) is 3. The minimum atomic E-state index is -1.37. The Morgan fingerprint density at radius 2 is 1.46 bits per heavy atom. The van der Waals surface area contributed by atoms with Crippen molar-refractivity contribution < 1.29 is 33.3 Å². The van der Waals surface area contributed by atoms with Crippen LogP contribution >= 0.6 is 0 Å². The van der Waals surface area contributed by atoms with Crippen LogP contribution in [-0.4, -0.2) is 89.8 Å². The van der Waals surface area contributed by atoms with Crippen LogP contribution in [0, 0.1) is 11.8 Å². The molecule has 1 aromatic heterocycles. The van der Waals surface area contributed by atoms with Gasteiger partial charge in [-0.05, 0) is 67.7 Å². The molecule has 13 nitrogen and oxygen atoms in total. The molecule has 2 aromatic carbocycles. The van der Waals surface area contributed by atoms with Gasteiger partial charge in [-0.25, -0.2) is 4.98 Å². The molecule has 288 valence electrons. The van der Waals surface area contributed by atoms with Crippen LogP contribution in [0.3, 0.4) is 0 Å². The van der Waals surface area contributed by atoms with Crippen LogP contribution in [0.4, 0.5) is 0 Å². The summed E-state index contributed by atoms with van der Waals surface area (Å²) in [6.45, 7) is 10.7. The topological polar surface area (TPSA) is 169 Å². The highest BCUT2D eigenvalue weighted by atomic mass is 16.6. The third-order valence-corrected chi connectivity index (χ3v) is 9.00. The van der Waals surface area contributed by atoms with Gasteiger partial charge in [0.1, 0.15) is 11.7 Å². The third-order valence-electron chi connectivity index (χ3n) is 9.00. The smallest absolute Gasteiger partial charge is 0.497 e. The number of hydrogen-bond acceptors (Lipinski definition) is 10. The lowest BCUT2D eigenvalue weighted by Crippen LogP contribution is -2.58. The Balaban J connectivity index is 1.30. The first-order chi connectivity index (χ1) is 25.9. The molecule has 0 spiro atoms. The minimum absolute atomic E-state index is 0.0233. The fourth-order valence-electron chi connectivity index (χ4n) is 6.23. The monoisotopic (exact) mass is 740 g/mol. The van der Waals surface area contributed by atoms with Crippen LogP contribution in [0.2, 0.25) is 0 Å². The predicted molar refractivity (Wildman–Crippen MR) is 205 cm³/mol. The van der Waals surface area contributed by atoms with E-state index >= 15 is 0 Å². The molecule has 1 aliphatic heterocycles. The molecular formula is C40H53BN6O7. The van der Waals surface area contributed by atoms with Crippen molar-refractivity contribution >= 4 is 36.8 Å². The minimum Gasteiger partial charge on any atom is -0.497 e. The summed E-state index contributed by atoms with van der Waals surface area (Å²) in [5.41, 5.74) is 3.07. The van der Waals surface area contributed by atoms with Gasteiger partial charge in [0.15, 0.2) is 0 Å². The number of aromatic nitrogens is 2. The van der Waals surface area contributed by atoms with E-state index in [-0.39, 0.29) is 42.9 Å². The zero-order chi connectivity index (χ0) is 39.0. The second kappa shape index (κ2) is 21.0. The van der Waals surface area contributed by atoms with Gasteiger partial charge in [-0.2, -0.15) is 0 Å². The number of nitrogens with one attached hydrogen (secondary N) is 3. The van der Waals surface area contributed by atoms with E-state index in [0.717, 1.165) is 17.5 Å². The van der Waals surface area contributed by atoms with Crippen molar-refractivity contribution in [1.29, 1.82) is 0 Å². The van der Waals surface area contributed by atoms with Crippen LogP contribution in [0.1, 0.15) is 87.0 Å². The maximum Gasteiger partial charge on any atom is 0.622 e. The number of benzene rings is 2. The number of amides is 3. The molecule has 1 saturated heterocycles. The Morgan fingerprint density at radius 3 is 2.07 bits per heavy atom. The summed E-state index contributed by atoms with van der Waals surface area (Å²) in [6.07, 6.45) is 6.89. The SMILES string of the molecule is CC(C)Cc1ccc([C@H](C)C(=O)NCCCCN2CC(=O)OB([C@H](CC(C)C)NC(=O)[C@H](Cc3ccccc3)NC(=O)c3cnccn3)OC(=O)C2)cc1. The van der Waals surface area contributed by atoms with Gasteiger partial charge in [0.25, 0.3) is 5.91 Å². The Kier molecular flexibility index (Phi) is 16.2. The normalized spacial score (nSPS) is 15.4. The first-order valence-electron chi connectivity index (χ1n) is 18.8. The Morgan fingerprint density at radius 1 is 0.796 bits per heavy atom. The van der Waals surface area contributed by atoms with Crippen molar-refractivity contribution in [2.45, 2.75) is 84.6 Å². The number of rotatable bonds is 18. The van der Waals surface area contributed by atoms with Crippen molar-refractivity contribution in [1.82, 2.24) is 30.8 Å². The first kappa shape index (κ1) is 41.6. The van der Waals surface area contributed by atoms with E-state index in [9.17, 15) is 24.0 Å². The zero-order valence-corrected chi connectivity index (χ0v) is 32.0. The molecule has 0 saturated carbocycles. The molecule has 3 amide bonds. The average Bonchev–Trinajstić information content (AvgIpc) is 3.13. The summed E-state index contributed by atoms with van der Waals surface area (Å²) in [7, 11) is -1.37. The fraction of sp³-hybridized carbons (Fsp3) is 0.475. The maximum absolute atomic E-state index is 13.8. The molecule has 4 rings (SSSR count). The molecule has 54 heavy (non-hydrogen) atoms. The average molecular weight is 741 g/mol. The molecule has 0 unspecified atom stereocenters. The molecule has 0 bridgehead atoms. The summed E-state index contributed by atoms with van der Waals surface area (Å²) in [5.74, 6) is -2.97. The Labute approximate surface area is 318 Å². The van der Waals surface area contributed by atoms with Gasteiger partial charge in [0, 0.05) is 25.4 Å². The Bertz CT molecular complexity index is 1660. The zero-order valence-electron chi connectivity index (χ0n) is 32.0. The maximum atomic E-state index is 13.8. The number of carbonyl (C=O) groups excluding carboxylic acids is 5. The molecule has 3 aromatic rings. The van der Waals surface area contributed by atoms with Gasteiger partial charge in [0.05, 0.1) is 31.1 Å². The van der Waals surface area contributed by atoms with Crippen molar-refractivity contribution in [2.24, 2.45) is 11.8 Å². The number of carbonyl (C=O) groups is 5. The lowest BCUT2D eigenvalue weighted by Gasteiger charge is -2.30. The Hall–Kier alpha value is -5.11. The fourth-order valence-corrected chi connectivity index (χ4v) is 6.23. The quantitative estimate of drug-likeness (QED) is 0.129. The van der Waals surface area contributed by atoms with E-state index < -0.39 is 42.9 Å². The van der Waals surface area contributed by atoms with Gasteiger partial charge in [-0.1, -0.05) is 82.3 Å². The molecule has 3 atom stereocenters. The van der Waals surface area contributed by atoms with E-state index in [1.165, 1.54) is 24.2 Å². The van der Waals surface area contributed by atoms with Crippen LogP contribution in [0.5, 0.6) is 0 Å². The van der Waals surface area contributed by atoms with Gasteiger partial charge >= 0.3 is 19.1 Å². The van der Waals surface area contributed by atoms with Gasteiger partial charge in [0.2, 0.25) is 11.8 Å². The summed E-state index contributed by atoms with van der Waals surface area (Å²) >= 11 is 0. The highest BCUT2D eigenvalue weighted by Crippen LogP contribution is 2.18. The number of nitrogens with zero attached hydrogens (tertiary/aromatic N) is 3. The summed E-state index contributed by atoms with van der Waals surface area (Å²) < 4.78 is 11.3. The molecule has 1 fully saturated rings. The van der Waals surface area contributed by atoms with Gasteiger partial charge < -0.3 is 25.3 Å². The highest BCUT2D eigenvalue weighted by Gasteiger charge is 2.42. The highest BCUT2D eigenvalue weighted by molar-refractivity contribution is 6.51. The summed E-state index contributed by atoms with van der Waals surface area (Å²) in [4.78, 5) is 75.4. The summed E-state index contributed by atoms with van der Waals surface area (Å²) in [6, 6.07) is 16.4. The molecule has 14 heteroatoms. The van der Waals surface area contributed by atoms with Gasteiger partial charge in [-0.3, -0.25) is 33.9 Å². The molecule has 0 radical (unpaired) electrons. The third kappa shape index (κ3) is 13.7. The van der Waals surface area contributed by atoms with Crippen LogP contribution in [0.15, 0.2) is 73.2 Å². The van der Waals surface area contributed by atoms with Crippen molar-refractivity contribution in [3.63, 3.8) is 0 Å². The molecule has 1 aliphatic rings. The molecule has 0 aliphatic carbocycles. The molecule has 2 heterocycles. The predicted octanol–water partition coefficient (Wildman–Crippen LogP) is 3.68. The van der Waals surface area contributed by atoms with E-state index in [0.29, 0.717) is 38.3 Å². The van der Waals surface area contributed by atoms with E-state index in [1.54, 1.807) is 4.90 Å². The van der Waals surface area contributed by atoms with Crippen molar-refractivity contribution in [3.8, 4) is 0 Å². The van der Waals surface area contributed by atoms with Crippen LogP contribution in [-0.2, 0) is 41.3 Å². The van der Waals surface area contributed by atoms with Crippen LogP contribution < -0.4 is 16.0 Å². The standard InChI is InChI=1S/C40H53BN6O7/c1-27(2)21-31-13-15-32(16-14-31)29(5)38(50)44-17-9-10-20-47-25-36(48)53-41(54-37(49)26-47)35(22-28(3)4)46-39(51)33(23-30-11-7-6-8-12-30)45-40(52)34-24-42-18-19-43-34/h6-8,11-16,18-19,24,27-29,33,35H,9-10,17,20-23,25-26H2,1-5H3,(H,44,50)(H,45,52)(H,46,51)/t29-,33-,35-/m0/s1.